The van der Waals surface area contributed by atoms with Crippen LogP contribution in [0.25, 0.3) is 0 Å². The molecule has 0 fully saturated rings. The fourth-order valence-corrected chi connectivity index (χ4v) is 1.66. The molecule has 9 heavy (non-hydrogen) atoms. The highest BCUT2D eigenvalue weighted by Gasteiger charge is 2.32. The Morgan fingerprint density at radius 3 is 1.44 bits per heavy atom. The average molecular weight is 148 g/mol. The van der Waals surface area contributed by atoms with Crippen molar-refractivity contribution in [1.29, 1.82) is 0 Å². The summed E-state index contributed by atoms with van der Waals surface area (Å²) in [7, 11) is 1.66. The molecule has 56 valence electrons. The van der Waals surface area contributed by atoms with Gasteiger partial charge in [-0.25, -0.2) is 0 Å². The van der Waals surface area contributed by atoms with Gasteiger partial charge in [-0.2, -0.15) is 0 Å². The molecule has 0 aromatic heterocycles. The predicted octanol–water partition coefficient (Wildman–Crippen LogP) is 1.76. The summed E-state index contributed by atoms with van der Waals surface area (Å²) >= 11 is 0. The minimum absolute atomic E-state index is 0.521. The van der Waals surface area contributed by atoms with Crippen molar-refractivity contribution in [1.82, 2.24) is 0 Å². The van der Waals surface area contributed by atoms with E-state index in [2.05, 4.69) is 20.4 Å². The van der Waals surface area contributed by atoms with Gasteiger partial charge in [0.2, 0.25) is 0 Å². The van der Waals surface area contributed by atoms with Crippen LogP contribution in [0.15, 0.2) is 0 Å². The lowest BCUT2D eigenvalue weighted by Gasteiger charge is -2.26. The summed E-state index contributed by atoms with van der Waals surface area (Å²) in [6, 6.07) is 0. The molecular formula is C6H16O2Si. The average Bonchev–Trinajstić information content (AvgIpc) is 1.86. The molecule has 0 heterocycles. The van der Waals surface area contributed by atoms with Crippen LogP contribution in [0.5, 0.6) is 0 Å². The molecule has 0 rings (SSSR count). The van der Waals surface area contributed by atoms with Crippen molar-refractivity contribution in [3.63, 3.8) is 0 Å². The Balaban J connectivity index is 3.92. The molecule has 0 N–H and O–H groups in total. The van der Waals surface area contributed by atoms with E-state index in [4.69, 9.17) is 8.85 Å². The molecule has 0 saturated carbocycles. The van der Waals surface area contributed by atoms with Gasteiger partial charge in [-0.15, -0.1) is 0 Å². The zero-order chi connectivity index (χ0) is 7.49. The lowest BCUT2D eigenvalue weighted by Crippen LogP contribution is -2.39. The monoisotopic (exact) mass is 148 g/mol. The Kier molecular flexibility index (Phi) is 3.39. The highest BCUT2D eigenvalue weighted by molar-refractivity contribution is 6.67. The first-order valence-corrected chi connectivity index (χ1v) is 5.56. The molecule has 0 amide bonds. The summed E-state index contributed by atoms with van der Waals surface area (Å²) in [6.07, 6.45) is 0. The van der Waals surface area contributed by atoms with E-state index >= 15 is 0 Å². The van der Waals surface area contributed by atoms with Crippen molar-refractivity contribution >= 4 is 8.56 Å². The maximum Gasteiger partial charge on any atom is 0.337 e. The molecule has 0 aliphatic carbocycles. The van der Waals surface area contributed by atoms with Crippen LogP contribution in [-0.4, -0.2) is 22.8 Å². The Morgan fingerprint density at radius 2 is 1.44 bits per heavy atom. The summed E-state index contributed by atoms with van der Waals surface area (Å²) < 4.78 is 10.5. The molecule has 0 saturated heterocycles. The Morgan fingerprint density at radius 1 is 1.11 bits per heavy atom. The third kappa shape index (κ3) is 2.08. The molecule has 0 aromatic carbocycles. The van der Waals surface area contributed by atoms with Gasteiger partial charge < -0.3 is 8.85 Å². The highest BCUT2D eigenvalue weighted by atomic mass is 28.4. The van der Waals surface area contributed by atoms with Gasteiger partial charge in [-0.3, -0.25) is 0 Å². The second-order valence-corrected chi connectivity index (χ2v) is 6.58. The smallest absolute Gasteiger partial charge is 0.337 e. The first-order valence-electron chi connectivity index (χ1n) is 3.17. The van der Waals surface area contributed by atoms with Gasteiger partial charge in [0.15, 0.2) is 0 Å². The van der Waals surface area contributed by atoms with Gasteiger partial charge in [0.25, 0.3) is 0 Å². The van der Waals surface area contributed by atoms with E-state index in [1.165, 1.54) is 0 Å². The SMILES string of the molecule is CO[Si](C)(OC)C(C)C. The molecule has 0 atom stereocenters. The van der Waals surface area contributed by atoms with Crippen LogP contribution in [0.2, 0.25) is 12.1 Å². The van der Waals surface area contributed by atoms with Crippen LogP contribution >= 0.6 is 0 Å². The minimum atomic E-state index is -1.77. The fourth-order valence-electron chi connectivity index (χ4n) is 0.555. The maximum absolute atomic E-state index is 5.27. The van der Waals surface area contributed by atoms with E-state index in [1.54, 1.807) is 14.2 Å². The van der Waals surface area contributed by atoms with E-state index in [0.29, 0.717) is 5.54 Å². The van der Waals surface area contributed by atoms with Crippen molar-refractivity contribution in [3.8, 4) is 0 Å². The first kappa shape index (κ1) is 9.14. The van der Waals surface area contributed by atoms with E-state index in [9.17, 15) is 0 Å². The van der Waals surface area contributed by atoms with Gasteiger partial charge >= 0.3 is 8.56 Å². The van der Waals surface area contributed by atoms with Gasteiger partial charge in [-0.05, 0) is 12.1 Å². The topological polar surface area (TPSA) is 18.5 Å². The summed E-state index contributed by atoms with van der Waals surface area (Å²) in [4.78, 5) is 0. The Labute approximate surface area is 58.4 Å². The van der Waals surface area contributed by atoms with E-state index in [-0.39, 0.29) is 0 Å². The third-order valence-corrected chi connectivity index (χ3v) is 5.58. The molecule has 0 radical (unpaired) electrons. The van der Waals surface area contributed by atoms with Crippen LogP contribution in [-0.2, 0) is 8.85 Å². The Bertz CT molecular complexity index is 79.1. The van der Waals surface area contributed by atoms with E-state index in [0.717, 1.165) is 0 Å². The van der Waals surface area contributed by atoms with Gasteiger partial charge in [0.1, 0.15) is 0 Å². The summed E-state index contributed by atoms with van der Waals surface area (Å²) in [5.41, 5.74) is 0.521. The fraction of sp³-hybridized carbons (Fsp3) is 1.00. The van der Waals surface area contributed by atoms with Gasteiger partial charge in [0.05, 0.1) is 0 Å². The normalized spacial score (nSPS) is 12.7. The van der Waals surface area contributed by atoms with Crippen LogP contribution in [0.3, 0.4) is 0 Å². The second kappa shape index (κ2) is 3.34. The third-order valence-electron chi connectivity index (χ3n) is 1.86. The number of rotatable bonds is 3. The van der Waals surface area contributed by atoms with Crippen LogP contribution < -0.4 is 0 Å². The van der Waals surface area contributed by atoms with Crippen molar-refractivity contribution in [2.45, 2.75) is 25.9 Å². The van der Waals surface area contributed by atoms with Crippen molar-refractivity contribution in [2.75, 3.05) is 14.2 Å². The maximum atomic E-state index is 5.27. The summed E-state index contributed by atoms with van der Waals surface area (Å²) in [6.45, 7) is 6.32. The quantitative estimate of drug-likeness (QED) is 0.568. The summed E-state index contributed by atoms with van der Waals surface area (Å²) in [5.74, 6) is 0. The zero-order valence-electron chi connectivity index (χ0n) is 6.89. The van der Waals surface area contributed by atoms with Crippen molar-refractivity contribution < 1.29 is 8.85 Å². The molecule has 2 nitrogen and oxygen atoms in total. The highest BCUT2D eigenvalue weighted by Crippen LogP contribution is 2.20. The van der Waals surface area contributed by atoms with Crippen LogP contribution in [0.4, 0.5) is 0 Å². The van der Waals surface area contributed by atoms with Crippen LogP contribution in [0, 0.1) is 0 Å². The standard InChI is InChI=1S/C6H16O2Si/c1-6(2)9(5,7-3)8-4/h6H,1-5H3. The molecule has 0 unspecified atom stereocenters. The van der Waals surface area contributed by atoms with E-state index in [1.807, 2.05) is 0 Å². The van der Waals surface area contributed by atoms with Crippen LogP contribution in [0.1, 0.15) is 13.8 Å². The molecule has 0 aliphatic rings. The van der Waals surface area contributed by atoms with E-state index < -0.39 is 8.56 Å². The molecule has 0 aliphatic heterocycles. The van der Waals surface area contributed by atoms with Crippen molar-refractivity contribution in [2.24, 2.45) is 0 Å². The number of hydrogen-bond donors (Lipinski definition) is 0. The second-order valence-electron chi connectivity index (χ2n) is 2.58. The zero-order valence-corrected chi connectivity index (χ0v) is 7.89. The largest absolute Gasteiger partial charge is 0.398 e. The summed E-state index contributed by atoms with van der Waals surface area (Å²) in [5, 5.41) is 0. The first-order chi connectivity index (χ1) is 4.06. The molecular weight excluding hydrogens is 132 g/mol. The predicted molar refractivity (Wildman–Crippen MR) is 40.7 cm³/mol. The molecule has 0 spiro atoms. The van der Waals surface area contributed by atoms with Gasteiger partial charge in [-0.1, -0.05) is 13.8 Å². The number of hydrogen-bond acceptors (Lipinski definition) is 2. The lowest BCUT2D eigenvalue weighted by molar-refractivity contribution is 0.240. The molecule has 0 bridgehead atoms. The lowest BCUT2D eigenvalue weighted by atomic mass is 10.6. The Hall–Kier alpha value is 0.137. The van der Waals surface area contributed by atoms with Gasteiger partial charge in [0, 0.05) is 14.2 Å². The molecule has 0 aromatic rings. The molecule has 3 heteroatoms. The van der Waals surface area contributed by atoms with Crippen molar-refractivity contribution in [3.05, 3.63) is 0 Å². The minimum Gasteiger partial charge on any atom is -0.398 e.